The molecule has 0 aliphatic rings. The molecule has 8 nitrogen and oxygen atoms in total. The molecule has 1 atom stereocenters. The number of aryl methyl sites for hydroxylation is 1. The highest BCUT2D eigenvalue weighted by Gasteiger charge is 2.25. The van der Waals surface area contributed by atoms with E-state index >= 15 is 0 Å². The SMILES string of the molecule is CN(C)CCc1cc(-c2cccc3c(C[C@H](NC(=O)c4c(F)cccc4F)C(=O)O)cccc23)c(=O)n(C)n1. The van der Waals surface area contributed by atoms with Gasteiger partial charge in [-0.25, -0.2) is 18.3 Å². The maximum atomic E-state index is 14.1. The lowest BCUT2D eigenvalue weighted by Crippen LogP contribution is -2.43. The quantitative estimate of drug-likeness (QED) is 0.341. The number of aromatic nitrogens is 2. The molecular weight excluding hydrogens is 506 g/mol. The van der Waals surface area contributed by atoms with Crippen LogP contribution in [0.5, 0.6) is 0 Å². The zero-order valence-electron chi connectivity index (χ0n) is 21.7. The molecule has 0 fully saturated rings. The number of carbonyl (C=O) groups excluding carboxylic acids is 1. The Labute approximate surface area is 223 Å². The molecular formula is C29H28F2N4O4. The van der Waals surface area contributed by atoms with Crippen molar-refractivity contribution in [3.8, 4) is 11.1 Å². The molecule has 10 heteroatoms. The van der Waals surface area contributed by atoms with Gasteiger partial charge in [0, 0.05) is 26.4 Å². The summed E-state index contributed by atoms with van der Waals surface area (Å²) in [5.74, 6) is -4.70. The Morgan fingerprint density at radius 1 is 1.00 bits per heavy atom. The van der Waals surface area contributed by atoms with Crippen LogP contribution >= 0.6 is 0 Å². The number of carboxylic acid groups (broad SMARTS) is 1. The van der Waals surface area contributed by atoms with Crippen molar-refractivity contribution in [1.82, 2.24) is 20.0 Å². The summed E-state index contributed by atoms with van der Waals surface area (Å²) in [5.41, 5.74) is 1.33. The van der Waals surface area contributed by atoms with Gasteiger partial charge in [-0.15, -0.1) is 0 Å². The molecule has 0 unspecified atom stereocenters. The van der Waals surface area contributed by atoms with Crippen LogP contribution < -0.4 is 10.9 Å². The Balaban J connectivity index is 1.72. The van der Waals surface area contributed by atoms with Gasteiger partial charge >= 0.3 is 5.97 Å². The average Bonchev–Trinajstić information content (AvgIpc) is 2.88. The number of hydrogen-bond donors (Lipinski definition) is 2. The lowest BCUT2D eigenvalue weighted by molar-refractivity contribution is -0.139. The van der Waals surface area contributed by atoms with Gasteiger partial charge in [-0.05, 0) is 54.2 Å². The van der Waals surface area contributed by atoms with E-state index in [1.54, 1.807) is 37.4 Å². The number of fused-ring (bicyclic) bond motifs is 1. The van der Waals surface area contributed by atoms with Gasteiger partial charge < -0.3 is 15.3 Å². The Hall–Kier alpha value is -4.44. The average molecular weight is 535 g/mol. The third-order valence-corrected chi connectivity index (χ3v) is 6.45. The molecule has 0 spiro atoms. The summed E-state index contributed by atoms with van der Waals surface area (Å²) in [6.07, 6.45) is 0.493. The minimum Gasteiger partial charge on any atom is -0.480 e. The van der Waals surface area contributed by atoms with Crippen molar-refractivity contribution in [3.63, 3.8) is 0 Å². The van der Waals surface area contributed by atoms with Gasteiger partial charge in [0.2, 0.25) is 0 Å². The summed E-state index contributed by atoms with van der Waals surface area (Å²) in [5, 5.41) is 17.8. The van der Waals surface area contributed by atoms with Gasteiger partial charge in [0.05, 0.1) is 11.3 Å². The minimum absolute atomic E-state index is 0.152. The fraction of sp³-hybridized carbons (Fsp3) is 0.241. The Morgan fingerprint density at radius 3 is 2.31 bits per heavy atom. The topological polar surface area (TPSA) is 105 Å². The van der Waals surface area contributed by atoms with Crippen LogP contribution in [-0.2, 0) is 24.7 Å². The van der Waals surface area contributed by atoms with E-state index in [9.17, 15) is 28.3 Å². The highest BCUT2D eigenvalue weighted by molar-refractivity contribution is 5.99. The van der Waals surface area contributed by atoms with Crippen molar-refractivity contribution >= 4 is 22.6 Å². The molecule has 1 aromatic heterocycles. The maximum absolute atomic E-state index is 14.1. The van der Waals surface area contributed by atoms with E-state index in [-0.39, 0.29) is 12.0 Å². The number of aliphatic carboxylic acids is 1. The minimum atomic E-state index is -1.46. The van der Waals surface area contributed by atoms with E-state index < -0.39 is 35.1 Å². The van der Waals surface area contributed by atoms with Crippen LogP contribution in [0.25, 0.3) is 21.9 Å². The lowest BCUT2D eigenvalue weighted by Gasteiger charge is -2.17. The highest BCUT2D eigenvalue weighted by atomic mass is 19.1. The van der Waals surface area contributed by atoms with Crippen LogP contribution in [0.1, 0.15) is 21.6 Å². The third-order valence-electron chi connectivity index (χ3n) is 6.45. The molecule has 0 saturated carbocycles. The number of halogens is 2. The lowest BCUT2D eigenvalue weighted by atomic mass is 9.93. The fourth-order valence-corrected chi connectivity index (χ4v) is 4.48. The number of benzene rings is 3. The molecule has 0 saturated heterocycles. The summed E-state index contributed by atoms with van der Waals surface area (Å²) in [6, 6.07) is 13.9. The first kappa shape index (κ1) is 27.6. The Kier molecular flexibility index (Phi) is 8.15. The third kappa shape index (κ3) is 6.01. The molecule has 3 aromatic carbocycles. The number of nitrogens with one attached hydrogen (secondary N) is 1. The number of rotatable bonds is 9. The standard InChI is InChI=1S/C29H28F2N4O4/c1-34(2)14-13-18-16-22(28(37)35(3)33-18)21-10-5-8-19-17(7-4-9-20(19)21)15-25(29(38)39)32-27(36)26-23(30)11-6-12-24(26)31/h4-12,16,25H,13-15H2,1-3H3,(H,32,36)(H,38,39)/t25-/m0/s1. The fourth-order valence-electron chi connectivity index (χ4n) is 4.48. The predicted molar refractivity (Wildman–Crippen MR) is 144 cm³/mol. The molecule has 2 N–H and O–H groups in total. The van der Waals surface area contributed by atoms with E-state index in [1.165, 1.54) is 4.68 Å². The van der Waals surface area contributed by atoms with Gasteiger partial charge in [0.15, 0.2) is 0 Å². The van der Waals surface area contributed by atoms with E-state index in [2.05, 4.69) is 10.4 Å². The molecule has 4 aromatic rings. The van der Waals surface area contributed by atoms with Gasteiger partial charge in [-0.1, -0.05) is 42.5 Å². The summed E-state index contributed by atoms with van der Waals surface area (Å²) >= 11 is 0. The van der Waals surface area contributed by atoms with Crippen molar-refractivity contribution < 1.29 is 23.5 Å². The highest BCUT2D eigenvalue weighted by Crippen LogP contribution is 2.30. The Morgan fingerprint density at radius 2 is 1.64 bits per heavy atom. The molecule has 1 amide bonds. The Bertz CT molecular complexity index is 1600. The van der Waals surface area contributed by atoms with E-state index in [4.69, 9.17) is 0 Å². The van der Waals surface area contributed by atoms with Crippen molar-refractivity contribution in [2.75, 3.05) is 20.6 Å². The van der Waals surface area contributed by atoms with Crippen molar-refractivity contribution in [2.45, 2.75) is 18.9 Å². The van der Waals surface area contributed by atoms with Crippen LogP contribution in [0.2, 0.25) is 0 Å². The van der Waals surface area contributed by atoms with Gasteiger partial charge in [0.25, 0.3) is 11.5 Å². The van der Waals surface area contributed by atoms with Crippen LogP contribution in [-0.4, -0.2) is 58.3 Å². The van der Waals surface area contributed by atoms with E-state index in [0.717, 1.165) is 30.4 Å². The summed E-state index contributed by atoms with van der Waals surface area (Å²) in [7, 11) is 5.50. The van der Waals surface area contributed by atoms with Crippen LogP contribution in [0, 0.1) is 11.6 Å². The number of carbonyl (C=O) groups is 2. The molecule has 0 radical (unpaired) electrons. The summed E-state index contributed by atoms with van der Waals surface area (Å²) in [6.45, 7) is 0.753. The van der Waals surface area contributed by atoms with Crippen molar-refractivity contribution in [1.29, 1.82) is 0 Å². The van der Waals surface area contributed by atoms with Crippen LogP contribution in [0.3, 0.4) is 0 Å². The van der Waals surface area contributed by atoms with Crippen molar-refractivity contribution in [3.05, 3.63) is 99.5 Å². The monoisotopic (exact) mass is 534 g/mol. The van der Waals surface area contributed by atoms with Gasteiger partial charge in [0.1, 0.15) is 23.2 Å². The first-order valence-electron chi connectivity index (χ1n) is 12.3. The normalized spacial score (nSPS) is 12.1. The smallest absolute Gasteiger partial charge is 0.326 e. The number of hydrogen-bond acceptors (Lipinski definition) is 5. The summed E-state index contributed by atoms with van der Waals surface area (Å²) < 4.78 is 29.5. The van der Waals surface area contributed by atoms with Gasteiger partial charge in [-0.3, -0.25) is 9.59 Å². The molecule has 4 rings (SSSR count). The number of carboxylic acids is 1. The van der Waals surface area contributed by atoms with Crippen LogP contribution in [0.4, 0.5) is 8.78 Å². The largest absolute Gasteiger partial charge is 0.480 e. The molecule has 1 heterocycles. The van der Waals surface area contributed by atoms with Gasteiger partial charge in [-0.2, -0.15) is 5.10 Å². The second kappa shape index (κ2) is 11.5. The second-order valence-corrected chi connectivity index (χ2v) is 9.51. The van der Waals surface area contributed by atoms with Crippen LogP contribution in [0.15, 0.2) is 65.5 Å². The molecule has 0 aliphatic carbocycles. The molecule has 39 heavy (non-hydrogen) atoms. The summed E-state index contributed by atoms with van der Waals surface area (Å²) in [4.78, 5) is 39.7. The number of amides is 1. The number of likely N-dealkylation sites (N-methyl/N-ethyl adjacent to an activating group) is 1. The molecule has 202 valence electrons. The zero-order valence-corrected chi connectivity index (χ0v) is 21.7. The van der Waals surface area contributed by atoms with Crippen molar-refractivity contribution in [2.24, 2.45) is 7.05 Å². The molecule has 0 bridgehead atoms. The zero-order chi connectivity index (χ0) is 28.3. The second-order valence-electron chi connectivity index (χ2n) is 9.51. The predicted octanol–water partition coefficient (Wildman–Crippen LogP) is 3.41. The maximum Gasteiger partial charge on any atom is 0.326 e. The molecule has 0 aliphatic heterocycles. The first-order chi connectivity index (χ1) is 18.6. The van der Waals surface area contributed by atoms with E-state index in [1.807, 2.05) is 31.1 Å². The van der Waals surface area contributed by atoms with E-state index in [0.29, 0.717) is 33.9 Å². The first-order valence-corrected chi connectivity index (χ1v) is 12.3. The number of nitrogens with zero attached hydrogens (tertiary/aromatic N) is 3.